The van der Waals surface area contributed by atoms with E-state index in [9.17, 15) is 4.79 Å². The average Bonchev–Trinajstić information content (AvgIpc) is 2.75. The number of carbonyl (C=O) groups excluding carboxylic acids is 1. The topological polar surface area (TPSA) is 75.2 Å². The standard InChI is InChI=1S/C18H27NO6/c1-16(2,3)23-22-11-18(25-24-17(4,5)6)13-10-12(21-7)8-9-14(13)19-15(18)20/h8-10H,11H2,1-7H3,(H,19,20). The molecule has 1 heterocycles. The van der Waals surface area contributed by atoms with Gasteiger partial charge < -0.3 is 10.1 Å². The lowest BCUT2D eigenvalue weighted by molar-refractivity contribution is -0.431. The Morgan fingerprint density at radius 3 is 2.24 bits per heavy atom. The van der Waals surface area contributed by atoms with Crippen LogP contribution in [0.1, 0.15) is 47.1 Å². The summed E-state index contributed by atoms with van der Waals surface area (Å²) in [5, 5.41) is 2.79. The third kappa shape index (κ3) is 4.70. The van der Waals surface area contributed by atoms with E-state index in [0.717, 1.165) is 0 Å². The molecule has 1 unspecified atom stereocenters. The van der Waals surface area contributed by atoms with E-state index in [4.69, 9.17) is 24.3 Å². The molecule has 0 saturated heterocycles. The highest BCUT2D eigenvalue weighted by molar-refractivity contribution is 6.05. The first-order valence-electron chi connectivity index (χ1n) is 8.14. The SMILES string of the molecule is COc1ccc2c(c1)C(COOC(C)(C)C)(OOC(C)(C)C)C(=O)N2. The number of amides is 1. The van der Waals surface area contributed by atoms with Crippen molar-refractivity contribution in [3.8, 4) is 5.75 Å². The van der Waals surface area contributed by atoms with Gasteiger partial charge in [0.25, 0.3) is 5.91 Å². The molecule has 1 aliphatic rings. The molecule has 7 heteroatoms. The van der Waals surface area contributed by atoms with Crippen molar-refractivity contribution in [3.05, 3.63) is 23.8 Å². The highest BCUT2D eigenvalue weighted by Crippen LogP contribution is 2.42. The summed E-state index contributed by atoms with van der Waals surface area (Å²) < 4.78 is 5.26. The highest BCUT2D eigenvalue weighted by atomic mass is 17.2. The van der Waals surface area contributed by atoms with E-state index < -0.39 is 22.7 Å². The van der Waals surface area contributed by atoms with Crippen LogP contribution >= 0.6 is 0 Å². The lowest BCUT2D eigenvalue weighted by Crippen LogP contribution is -2.44. The fraction of sp³-hybridized carbons (Fsp3) is 0.611. The summed E-state index contributed by atoms with van der Waals surface area (Å²) in [5.74, 6) is 0.202. The molecule has 0 radical (unpaired) electrons. The molecular formula is C18H27NO6. The van der Waals surface area contributed by atoms with Gasteiger partial charge in [0.1, 0.15) is 12.4 Å². The number of benzene rings is 1. The van der Waals surface area contributed by atoms with E-state index in [0.29, 0.717) is 17.0 Å². The molecule has 7 nitrogen and oxygen atoms in total. The average molecular weight is 353 g/mol. The van der Waals surface area contributed by atoms with Crippen molar-refractivity contribution in [1.29, 1.82) is 0 Å². The normalized spacial score (nSPS) is 20.4. The number of anilines is 1. The molecule has 0 aromatic heterocycles. The van der Waals surface area contributed by atoms with Gasteiger partial charge in [0.2, 0.25) is 5.60 Å². The van der Waals surface area contributed by atoms with Crippen LogP contribution in [0.2, 0.25) is 0 Å². The zero-order valence-corrected chi connectivity index (χ0v) is 15.9. The van der Waals surface area contributed by atoms with Crippen molar-refractivity contribution in [2.24, 2.45) is 0 Å². The minimum absolute atomic E-state index is 0.174. The zero-order valence-electron chi connectivity index (χ0n) is 15.9. The van der Waals surface area contributed by atoms with Gasteiger partial charge in [-0.05, 0) is 59.7 Å². The Labute approximate surface area is 148 Å². The maximum Gasteiger partial charge on any atom is 0.267 e. The van der Waals surface area contributed by atoms with E-state index in [2.05, 4.69) is 5.32 Å². The molecule has 25 heavy (non-hydrogen) atoms. The molecular weight excluding hydrogens is 326 g/mol. The summed E-state index contributed by atoms with van der Waals surface area (Å²) in [6, 6.07) is 5.23. The van der Waals surface area contributed by atoms with Gasteiger partial charge in [0.05, 0.1) is 18.3 Å². The molecule has 1 atom stereocenters. The van der Waals surface area contributed by atoms with Gasteiger partial charge in [-0.1, -0.05) is 0 Å². The number of methoxy groups -OCH3 is 1. The van der Waals surface area contributed by atoms with Gasteiger partial charge in [-0.25, -0.2) is 19.6 Å². The molecule has 1 amide bonds. The molecule has 1 aromatic rings. The number of nitrogens with one attached hydrogen (secondary N) is 1. The Hall–Kier alpha value is -1.67. The van der Waals surface area contributed by atoms with Crippen molar-refractivity contribution in [2.45, 2.75) is 58.3 Å². The monoisotopic (exact) mass is 353 g/mol. The highest BCUT2D eigenvalue weighted by Gasteiger charge is 2.52. The number of carbonyl (C=O) groups is 1. The minimum Gasteiger partial charge on any atom is -0.497 e. The van der Waals surface area contributed by atoms with Crippen molar-refractivity contribution in [1.82, 2.24) is 0 Å². The summed E-state index contributed by atoms with van der Waals surface area (Å²) in [4.78, 5) is 34.5. The third-order valence-corrected chi connectivity index (χ3v) is 3.28. The lowest BCUT2D eigenvalue weighted by atomic mass is 9.96. The number of rotatable bonds is 6. The maximum atomic E-state index is 12.7. The second-order valence-electron chi connectivity index (χ2n) is 7.93. The second kappa shape index (κ2) is 6.92. The summed E-state index contributed by atoms with van der Waals surface area (Å²) in [5.41, 5.74) is -1.46. The van der Waals surface area contributed by atoms with E-state index in [1.807, 2.05) is 41.5 Å². The van der Waals surface area contributed by atoms with Crippen molar-refractivity contribution in [2.75, 3.05) is 19.0 Å². The van der Waals surface area contributed by atoms with Crippen molar-refractivity contribution in [3.63, 3.8) is 0 Å². The zero-order chi connectivity index (χ0) is 18.9. The van der Waals surface area contributed by atoms with E-state index in [1.165, 1.54) is 0 Å². The summed E-state index contributed by atoms with van der Waals surface area (Å²) in [7, 11) is 1.55. The first kappa shape index (κ1) is 19.7. The lowest BCUT2D eigenvalue weighted by Gasteiger charge is -2.30. The van der Waals surface area contributed by atoms with Crippen LogP contribution in [0.15, 0.2) is 18.2 Å². The Morgan fingerprint density at radius 1 is 1.04 bits per heavy atom. The minimum atomic E-state index is -1.50. The first-order chi connectivity index (χ1) is 11.5. The predicted molar refractivity (Wildman–Crippen MR) is 92.0 cm³/mol. The van der Waals surface area contributed by atoms with Crippen LogP contribution in [-0.2, 0) is 29.9 Å². The number of fused-ring (bicyclic) bond motifs is 1. The molecule has 0 bridgehead atoms. The van der Waals surface area contributed by atoms with Crippen LogP contribution < -0.4 is 10.1 Å². The second-order valence-corrected chi connectivity index (χ2v) is 7.93. The molecule has 0 spiro atoms. The van der Waals surface area contributed by atoms with Gasteiger partial charge in [-0.15, -0.1) is 0 Å². The molecule has 2 rings (SSSR count). The third-order valence-electron chi connectivity index (χ3n) is 3.28. The van der Waals surface area contributed by atoms with Gasteiger partial charge in [-0.3, -0.25) is 4.79 Å². The first-order valence-corrected chi connectivity index (χ1v) is 8.14. The van der Waals surface area contributed by atoms with Gasteiger partial charge in [0.15, 0.2) is 0 Å². The molecule has 0 saturated carbocycles. The van der Waals surface area contributed by atoms with Crippen LogP contribution in [-0.4, -0.2) is 30.8 Å². The number of ether oxygens (including phenoxy) is 1. The van der Waals surface area contributed by atoms with E-state index >= 15 is 0 Å². The summed E-state index contributed by atoms with van der Waals surface area (Å²) in [6.07, 6.45) is 0. The fourth-order valence-electron chi connectivity index (χ4n) is 2.17. The fourth-order valence-corrected chi connectivity index (χ4v) is 2.17. The van der Waals surface area contributed by atoms with Gasteiger partial charge in [0, 0.05) is 11.3 Å². The quantitative estimate of drug-likeness (QED) is 0.624. The maximum absolute atomic E-state index is 12.7. The molecule has 1 N–H and O–H groups in total. The van der Waals surface area contributed by atoms with Crippen LogP contribution in [0.5, 0.6) is 5.75 Å². The Bertz CT molecular complexity index is 631. The molecule has 0 aliphatic carbocycles. The van der Waals surface area contributed by atoms with E-state index in [1.54, 1.807) is 25.3 Å². The van der Waals surface area contributed by atoms with Gasteiger partial charge in [-0.2, -0.15) is 0 Å². The molecule has 1 aliphatic heterocycles. The predicted octanol–water partition coefficient (Wildman–Crippen LogP) is 3.34. The van der Waals surface area contributed by atoms with Crippen molar-refractivity contribution < 1.29 is 29.1 Å². The molecule has 140 valence electrons. The number of hydrogen-bond donors (Lipinski definition) is 1. The Morgan fingerprint density at radius 2 is 1.68 bits per heavy atom. The van der Waals surface area contributed by atoms with E-state index in [-0.39, 0.29) is 6.61 Å². The van der Waals surface area contributed by atoms with Crippen LogP contribution in [0.3, 0.4) is 0 Å². The smallest absolute Gasteiger partial charge is 0.267 e. The number of hydrogen-bond acceptors (Lipinski definition) is 6. The molecule has 0 fully saturated rings. The van der Waals surface area contributed by atoms with Crippen molar-refractivity contribution >= 4 is 11.6 Å². The van der Waals surface area contributed by atoms with Crippen LogP contribution in [0.25, 0.3) is 0 Å². The van der Waals surface area contributed by atoms with Gasteiger partial charge >= 0.3 is 0 Å². The summed E-state index contributed by atoms with van der Waals surface area (Å²) in [6.45, 7) is 10.8. The van der Waals surface area contributed by atoms with Crippen LogP contribution in [0.4, 0.5) is 5.69 Å². The summed E-state index contributed by atoms with van der Waals surface area (Å²) >= 11 is 0. The van der Waals surface area contributed by atoms with Crippen LogP contribution in [0, 0.1) is 0 Å². The Kier molecular flexibility index (Phi) is 5.44. The Balaban J connectivity index is 2.36. The molecule has 1 aromatic carbocycles. The largest absolute Gasteiger partial charge is 0.497 e.